The summed E-state index contributed by atoms with van der Waals surface area (Å²) in [6.45, 7) is 1.83. The molecule has 26 heavy (non-hydrogen) atoms. The second-order valence-electron chi connectivity index (χ2n) is 6.81. The van der Waals surface area contributed by atoms with E-state index in [1.807, 2.05) is 42.6 Å². The van der Waals surface area contributed by atoms with E-state index in [0.29, 0.717) is 13.1 Å². The van der Waals surface area contributed by atoms with Gasteiger partial charge in [0.2, 0.25) is 5.91 Å². The molecule has 1 fully saturated rings. The number of nitrogens with one attached hydrogen (secondary N) is 1. The molecule has 0 radical (unpaired) electrons. The summed E-state index contributed by atoms with van der Waals surface area (Å²) >= 11 is 3.16. The van der Waals surface area contributed by atoms with Crippen molar-refractivity contribution in [3.05, 3.63) is 44.8 Å². The second-order valence-corrected chi connectivity index (χ2v) is 8.73. The van der Waals surface area contributed by atoms with Gasteiger partial charge in [-0.25, -0.2) is 0 Å². The smallest absolute Gasteiger partial charge is 0.263 e. The van der Waals surface area contributed by atoms with Crippen molar-refractivity contribution in [2.45, 2.75) is 18.9 Å². The second kappa shape index (κ2) is 8.79. The first-order valence-corrected chi connectivity index (χ1v) is 10.6. The van der Waals surface area contributed by atoms with E-state index in [4.69, 9.17) is 0 Å². The number of likely N-dealkylation sites (tertiary alicyclic amines) is 1. The van der Waals surface area contributed by atoms with Gasteiger partial charge in [-0.15, -0.1) is 22.7 Å². The van der Waals surface area contributed by atoms with Gasteiger partial charge in [0.25, 0.3) is 5.91 Å². The molecule has 7 heteroatoms. The first-order chi connectivity index (χ1) is 12.6. The maximum absolute atomic E-state index is 12.7. The summed E-state index contributed by atoms with van der Waals surface area (Å²) in [4.78, 5) is 31.2. The minimum absolute atomic E-state index is 0.0438. The molecule has 1 N–H and O–H groups in total. The molecule has 140 valence electrons. The Labute approximate surface area is 162 Å². The quantitative estimate of drug-likeness (QED) is 0.823. The van der Waals surface area contributed by atoms with Gasteiger partial charge in [0.05, 0.1) is 16.8 Å². The van der Waals surface area contributed by atoms with Crippen molar-refractivity contribution in [1.82, 2.24) is 15.1 Å². The van der Waals surface area contributed by atoms with Gasteiger partial charge >= 0.3 is 0 Å². The zero-order chi connectivity index (χ0) is 18.5. The lowest BCUT2D eigenvalue weighted by atomic mass is 9.96. The van der Waals surface area contributed by atoms with E-state index in [1.165, 1.54) is 16.2 Å². The number of hydrogen-bond donors (Lipinski definition) is 1. The van der Waals surface area contributed by atoms with E-state index in [0.717, 1.165) is 24.3 Å². The molecule has 1 aliphatic rings. The van der Waals surface area contributed by atoms with Crippen molar-refractivity contribution < 1.29 is 9.59 Å². The molecule has 0 spiro atoms. The van der Waals surface area contributed by atoms with Gasteiger partial charge in [0.1, 0.15) is 0 Å². The van der Waals surface area contributed by atoms with Crippen LogP contribution in [0, 0.1) is 5.92 Å². The summed E-state index contributed by atoms with van der Waals surface area (Å²) in [6, 6.07) is 8.04. The largest absolute Gasteiger partial charge is 0.354 e. The Morgan fingerprint density at radius 3 is 2.69 bits per heavy atom. The van der Waals surface area contributed by atoms with Crippen LogP contribution in [0.3, 0.4) is 0 Å². The van der Waals surface area contributed by atoms with Crippen LogP contribution in [-0.2, 0) is 4.79 Å². The predicted octanol–water partition coefficient (Wildman–Crippen LogP) is 3.08. The minimum atomic E-state index is -0.126. The Balaban J connectivity index is 1.56. The van der Waals surface area contributed by atoms with Crippen molar-refractivity contribution >= 4 is 34.5 Å². The number of likely N-dealkylation sites (N-methyl/N-ethyl adjacent to an activating group) is 1. The molecule has 3 heterocycles. The molecule has 0 aliphatic carbocycles. The van der Waals surface area contributed by atoms with Crippen LogP contribution >= 0.6 is 22.7 Å². The molecule has 0 aromatic carbocycles. The first-order valence-electron chi connectivity index (χ1n) is 8.86. The number of thiophene rings is 2. The molecule has 3 rings (SSSR count). The highest BCUT2D eigenvalue weighted by Gasteiger charge is 2.29. The average Bonchev–Trinajstić information content (AvgIpc) is 3.35. The van der Waals surface area contributed by atoms with Crippen LogP contribution in [0.5, 0.6) is 0 Å². The van der Waals surface area contributed by atoms with Gasteiger partial charge in [-0.3, -0.25) is 9.59 Å². The van der Waals surface area contributed by atoms with E-state index < -0.39 is 0 Å². The number of rotatable bonds is 6. The highest BCUT2D eigenvalue weighted by atomic mass is 32.1. The lowest BCUT2D eigenvalue weighted by molar-refractivity contribution is -0.126. The van der Waals surface area contributed by atoms with Crippen molar-refractivity contribution in [1.29, 1.82) is 0 Å². The topological polar surface area (TPSA) is 52.7 Å². The van der Waals surface area contributed by atoms with Gasteiger partial charge < -0.3 is 15.1 Å². The fraction of sp³-hybridized carbons (Fsp3) is 0.474. The molecular formula is C19H25N3O2S2. The standard InChI is InChI=1S/C19H25N3O2S2/c1-21(2)15(16-7-4-10-25-16)12-20-18(23)14-6-3-9-22(13-14)19(24)17-8-5-11-26-17/h4-5,7-8,10-11,14-15H,3,6,9,12-13H2,1-2H3,(H,20,23)/t14-,15+/m1/s1. The SMILES string of the molecule is CN(C)[C@@H](CNC(=O)[C@@H]1CCCN(C(=O)c2cccs2)C1)c1cccs1. The first kappa shape index (κ1) is 19.1. The fourth-order valence-electron chi connectivity index (χ4n) is 3.29. The monoisotopic (exact) mass is 391 g/mol. The Hall–Kier alpha value is -1.70. The van der Waals surface area contributed by atoms with Crippen molar-refractivity contribution in [2.24, 2.45) is 5.92 Å². The zero-order valence-electron chi connectivity index (χ0n) is 15.2. The van der Waals surface area contributed by atoms with Gasteiger partial charge in [0, 0.05) is 24.5 Å². The summed E-state index contributed by atoms with van der Waals surface area (Å²) in [5.74, 6) is -0.0295. The molecule has 0 unspecified atom stereocenters. The van der Waals surface area contributed by atoms with Crippen molar-refractivity contribution in [3.63, 3.8) is 0 Å². The lowest BCUT2D eigenvalue weighted by Gasteiger charge is -2.32. The summed E-state index contributed by atoms with van der Waals surface area (Å²) in [5.41, 5.74) is 0. The normalized spacial score (nSPS) is 18.7. The Morgan fingerprint density at radius 2 is 2.04 bits per heavy atom. The Morgan fingerprint density at radius 1 is 1.27 bits per heavy atom. The number of piperidine rings is 1. The van der Waals surface area contributed by atoms with Gasteiger partial charge in [-0.1, -0.05) is 12.1 Å². The van der Waals surface area contributed by atoms with Crippen LogP contribution in [0.2, 0.25) is 0 Å². The summed E-state index contributed by atoms with van der Waals surface area (Å²) in [6.07, 6.45) is 1.71. The van der Waals surface area contributed by atoms with Crippen LogP contribution in [0.25, 0.3) is 0 Å². The van der Waals surface area contributed by atoms with E-state index in [1.54, 1.807) is 11.3 Å². The summed E-state index contributed by atoms with van der Waals surface area (Å²) < 4.78 is 0. The minimum Gasteiger partial charge on any atom is -0.354 e. The van der Waals surface area contributed by atoms with Crippen LogP contribution in [0.4, 0.5) is 0 Å². The fourth-order valence-corrected chi connectivity index (χ4v) is 4.91. The molecule has 5 nitrogen and oxygen atoms in total. The van der Waals surface area contributed by atoms with E-state index in [9.17, 15) is 9.59 Å². The lowest BCUT2D eigenvalue weighted by Crippen LogP contribution is -2.46. The molecule has 2 atom stereocenters. The molecule has 1 aliphatic heterocycles. The van der Waals surface area contributed by atoms with Crippen molar-refractivity contribution in [3.8, 4) is 0 Å². The molecule has 2 aromatic heterocycles. The third kappa shape index (κ3) is 4.52. The summed E-state index contributed by atoms with van der Waals surface area (Å²) in [5, 5.41) is 7.08. The number of amides is 2. The molecule has 0 saturated carbocycles. The Kier molecular flexibility index (Phi) is 6.45. The molecule has 2 aromatic rings. The molecular weight excluding hydrogens is 366 g/mol. The summed E-state index contributed by atoms with van der Waals surface area (Å²) in [7, 11) is 4.05. The molecule has 2 amide bonds. The van der Waals surface area contributed by atoms with Crippen LogP contribution < -0.4 is 5.32 Å². The number of hydrogen-bond acceptors (Lipinski definition) is 5. The van der Waals surface area contributed by atoms with E-state index in [-0.39, 0.29) is 23.8 Å². The number of carbonyl (C=O) groups excluding carboxylic acids is 2. The van der Waals surface area contributed by atoms with E-state index in [2.05, 4.69) is 21.7 Å². The van der Waals surface area contributed by atoms with Crippen LogP contribution in [0.1, 0.15) is 33.4 Å². The predicted molar refractivity (Wildman–Crippen MR) is 107 cm³/mol. The van der Waals surface area contributed by atoms with Crippen LogP contribution in [0.15, 0.2) is 35.0 Å². The van der Waals surface area contributed by atoms with Gasteiger partial charge in [0.15, 0.2) is 0 Å². The van der Waals surface area contributed by atoms with E-state index >= 15 is 0 Å². The third-order valence-electron chi connectivity index (χ3n) is 4.78. The Bertz CT molecular complexity index is 713. The third-order valence-corrected chi connectivity index (χ3v) is 6.61. The average molecular weight is 392 g/mol. The van der Waals surface area contributed by atoms with Gasteiger partial charge in [-0.2, -0.15) is 0 Å². The zero-order valence-corrected chi connectivity index (χ0v) is 16.8. The maximum Gasteiger partial charge on any atom is 0.263 e. The van der Waals surface area contributed by atoms with Crippen molar-refractivity contribution in [2.75, 3.05) is 33.7 Å². The molecule has 1 saturated heterocycles. The van der Waals surface area contributed by atoms with Gasteiger partial charge in [-0.05, 0) is 49.8 Å². The maximum atomic E-state index is 12.7. The highest BCUT2D eigenvalue weighted by molar-refractivity contribution is 7.12. The number of carbonyl (C=O) groups is 2. The molecule has 0 bridgehead atoms. The van der Waals surface area contributed by atoms with Crippen LogP contribution in [-0.4, -0.2) is 55.3 Å². The number of nitrogens with zero attached hydrogens (tertiary/aromatic N) is 2. The highest BCUT2D eigenvalue weighted by Crippen LogP contribution is 2.24.